The van der Waals surface area contributed by atoms with Crippen LogP contribution in [0.4, 0.5) is 18.9 Å². The molecule has 0 aliphatic carbocycles. The first kappa shape index (κ1) is 17.0. The fourth-order valence-electron chi connectivity index (χ4n) is 2.33. The summed E-state index contributed by atoms with van der Waals surface area (Å²) in [6, 6.07) is 11.6. The number of anilines is 1. The van der Waals surface area contributed by atoms with Crippen LogP contribution in [-0.4, -0.2) is 17.1 Å². The van der Waals surface area contributed by atoms with Crippen molar-refractivity contribution >= 4 is 22.7 Å². The number of benzene rings is 2. The van der Waals surface area contributed by atoms with E-state index in [4.69, 9.17) is 4.42 Å². The van der Waals surface area contributed by atoms with Gasteiger partial charge in [-0.3, -0.25) is 4.79 Å². The summed E-state index contributed by atoms with van der Waals surface area (Å²) in [6.07, 6.45) is -4.92. The Kier molecular flexibility index (Phi) is 4.24. The fraction of sp³-hybridized carbons (Fsp3) is 0.222. The molecule has 0 radical (unpaired) electrons. The maximum absolute atomic E-state index is 12.2. The number of nitrogens with zero attached hydrogens (tertiary/aromatic N) is 1. The number of oxazole rings is 1. The molecule has 3 rings (SSSR count). The number of carbonyl (C=O) groups excluding carboxylic acids is 1. The Morgan fingerprint density at radius 2 is 1.80 bits per heavy atom. The summed E-state index contributed by atoms with van der Waals surface area (Å²) < 4.78 is 42.4. The van der Waals surface area contributed by atoms with E-state index in [-0.39, 0.29) is 5.69 Å². The molecule has 0 fully saturated rings. The van der Waals surface area contributed by atoms with E-state index in [1.807, 2.05) is 18.2 Å². The molecule has 1 N–H and O–H groups in total. The van der Waals surface area contributed by atoms with E-state index in [1.165, 1.54) is 12.1 Å². The predicted octanol–water partition coefficient (Wildman–Crippen LogP) is 5.12. The average Bonchev–Trinajstić information content (AvgIpc) is 2.97. The Morgan fingerprint density at radius 1 is 1.12 bits per heavy atom. The molecule has 0 saturated carbocycles. The SMILES string of the molecule is CC(C)c1ccc2oc(-c3ccc(NC(=O)C(F)(F)F)cc3)nc2c1. The molecular weight excluding hydrogens is 333 g/mol. The van der Waals surface area contributed by atoms with Gasteiger partial charge in [0.1, 0.15) is 5.52 Å². The van der Waals surface area contributed by atoms with Crippen molar-refractivity contribution in [3.05, 3.63) is 48.0 Å². The van der Waals surface area contributed by atoms with Gasteiger partial charge in [0.2, 0.25) is 5.89 Å². The van der Waals surface area contributed by atoms with Crippen molar-refractivity contribution in [3.63, 3.8) is 0 Å². The molecule has 0 spiro atoms. The number of carbonyl (C=O) groups is 1. The van der Waals surface area contributed by atoms with Gasteiger partial charge in [-0.2, -0.15) is 13.2 Å². The van der Waals surface area contributed by atoms with Crippen molar-refractivity contribution in [1.29, 1.82) is 0 Å². The standard InChI is InChI=1S/C18H15F3N2O2/c1-10(2)12-5-8-15-14(9-12)23-16(25-15)11-3-6-13(7-4-11)22-17(24)18(19,20)21/h3-10H,1-2H3,(H,22,24). The van der Waals surface area contributed by atoms with Crippen molar-refractivity contribution in [2.75, 3.05) is 5.32 Å². The second kappa shape index (κ2) is 6.23. The van der Waals surface area contributed by atoms with E-state index in [2.05, 4.69) is 18.8 Å². The van der Waals surface area contributed by atoms with E-state index >= 15 is 0 Å². The van der Waals surface area contributed by atoms with E-state index in [9.17, 15) is 18.0 Å². The molecule has 0 atom stereocenters. The number of rotatable bonds is 3. The van der Waals surface area contributed by atoms with Crippen LogP contribution in [0.3, 0.4) is 0 Å². The molecule has 1 aromatic heterocycles. The summed E-state index contributed by atoms with van der Waals surface area (Å²) in [4.78, 5) is 15.3. The largest absolute Gasteiger partial charge is 0.471 e. The smallest absolute Gasteiger partial charge is 0.436 e. The van der Waals surface area contributed by atoms with Crippen LogP contribution in [0, 0.1) is 0 Å². The minimum Gasteiger partial charge on any atom is -0.436 e. The highest BCUT2D eigenvalue weighted by Gasteiger charge is 2.38. The van der Waals surface area contributed by atoms with Crippen LogP contribution in [0.1, 0.15) is 25.3 Å². The van der Waals surface area contributed by atoms with Crippen LogP contribution in [0.2, 0.25) is 0 Å². The number of nitrogens with one attached hydrogen (secondary N) is 1. The van der Waals surface area contributed by atoms with Gasteiger partial charge in [-0.05, 0) is 47.9 Å². The number of hydrogen-bond acceptors (Lipinski definition) is 3. The highest BCUT2D eigenvalue weighted by Crippen LogP contribution is 2.28. The summed E-state index contributed by atoms with van der Waals surface area (Å²) >= 11 is 0. The lowest BCUT2D eigenvalue weighted by Crippen LogP contribution is -2.29. The Bertz CT molecular complexity index is 912. The van der Waals surface area contributed by atoms with Gasteiger partial charge >= 0.3 is 12.1 Å². The molecule has 130 valence electrons. The van der Waals surface area contributed by atoms with E-state index in [0.717, 1.165) is 11.1 Å². The number of alkyl halides is 3. The van der Waals surface area contributed by atoms with Crippen LogP contribution in [-0.2, 0) is 4.79 Å². The minimum absolute atomic E-state index is 0.0456. The average molecular weight is 348 g/mol. The van der Waals surface area contributed by atoms with E-state index in [1.54, 1.807) is 17.4 Å². The van der Waals surface area contributed by atoms with Gasteiger partial charge < -0.3 is 9.73 Å². The number of aromatic nitrogens is 1. The summed E-state index contributed by atoms with van der Waals surface area (Å²) in [5.41, 5.74) is 3.14. The number of fused-ring (bicyclic) bond motifs is 1. The van der Waals surface area contributed by atoms with E-state index < -0.39 is 12.1 Å². The third kappa shape index (κ3) is 3.65. The highest BCUT2D eigenvalue weighted by atomic mass is 19.4. The van der Waals surface area contributed by atoms with Gasteiger partial charge in [-0.1, -0.05) is 19.9 Å². The summed E-state index contributed by atoms with van der Waals surface area (Å²) in [5.74, 6) is -1.28. The van der Waals surface area contributed by atoms with Gasteiger partial charge in [-0.15, -0.1) is 0 Å². The predicted molar refractivity (Wildman–Crippen MR) is 88.2 cm³/mol. The Balaban J connectivity index is 1.85. The molecule has 25 heavy (non-hydrogen) atoms. The van der Waals surface area contributed by atoms with Gasteiger partial charge in [-0.25, -0.2) is 4.98 Å². The molecule has 7 heteroatoms. The number of hydrogen-bond donors (Lipinski definition) is 1. The van der Waals surface area contributed by atoms with Crippen LogP contribution >= 0.6 is 0 Å². The van der Waals surface area contributed by atoms with Gasteiger partial charge in [0.05, 0.1) is 0 Å². The molecule has 1 amide bonds. The maximum Gasteiger partial charge on any atom is 0.471 e. The van der Waals surface area contributed by atoms with Crippen molar-refractivity contribution in [2.24, 2.45) is 0 Å². The summed E-state index contributed by atoms with van der Waals surface area (Å²) in [7, 11) is 0. The molecule has 0 bridgehead atoms. The molecule has 0 saturated heterocycles. The third-order valence-electron chi connectivity index (χ3n) is 3.73. The van der Waals surface area contributed by atoms with Gasteiger partial charge in [0.15, 0.2) is 5.58 Å². The fourth-order valence-corrected chi connectivity index (χ4v) is 2.33. The second-order valence-corrected chi connectivity index (χ2v) is 5.93. The lowest BCUT2D eigenvalue weighted by Gasteiger charge is -2.07. The van der Waals surface area contributed by atoms with Crippen molar-refractivity contribution < 1.29 is 22.4 Å². The summed E-state index contributed by atoms with van der Waals surface area (Å²) in [6.45, 7) is 4.16. The van der Waals surface area contributed by atoms with Crippen LogP contribution < -0.4 is 5.32 Å². The highest BCUT2D eigenvalue weighted by molar-refractivity contribution is 5.95. The van der Waals surface area contributed by atoms with Crippen molar-refractivity contribution in [1.82, 2.24) is 4.98 Å². The molecular formula is C18H15F3N2O2. The van der Waals surface area contributed by atoms with E-state index in [0.29, 0.717) is 23.0 Å². The first-order chi connectivity index (χ1) is 11.7. The third-order valence-corrected chi connectivity index (χ3v) is 3.73. The first-order valence-electron chi connectivity index (χ1n) is 7.63. The zero-order valence-electron chi connectivity index (χ0n) is 13.5. The molecule has 3 aromatic rings. The molecule has 2 aromatic carbocycles. The molecule has 4 nitrogen and oxygen atoms in total. The number of amides is 1. The first-order valence-corrected chi connectivity index (χ1v) is 7.63. The number of halogens is 3. The minimum atomic E-state index is -4.92. The van der Waals surface area contributed by atoms with Crippen molar-refractivity contribution in [3.8, 4) is 11.5 Å². The lowest BCUT2D eigenvalue weighted by molar-refractivity contribution is -0.167. The van der Waals surface area contributed by atoms with Crippen molar-refractivity contribution in [2.45, 2.75) is 25.9 Å². The molecule has 0 aliphatic heterocycles. The van der Waals surface area contributed by atoms with Crippen LogP contribution in [0.5, 0.6) is 0 Å². The Morgan fingerprint density at radius 3 is 2.40 bits per heavy atom. The second-order valence-electron chi connectivity index (χ2n) is 5.93. The molecule has 0 aliphatic rings. The Labute approximate surface area is 141 Å². The monoisotopic (exact) mass is 348 g/mol. The van der Waals surface area contributed by atoms with Crippen LogP contribution in [0.25, 0.3) is 22.6 Å². The lowest BCUT2D eigenvalue weighted by atomic mass is 10.0. The van der Waals surface area contributed by atoms with Crippen LogP contribution in [0.15, 0.2) is 46.9 Å². The maximum atomic E-state index is 12.2. The Hall–Kier alpha value is -2.83. The zero-order valence-corrected chi connectivity index (χ0v) is 13.5. The zero-order chi connectivity index (χ0) is 18.2. The normalized spacial score (nSPS) is 11.9. The topological polar surface area (TPSA) is 55.1 Å². The molecule has 0 unspecified atom stereocenters. The quantitative estimate of drug-likeness (QED) is 0.715. The molecule has 1 heterocycles. The van der Waals surface area contributed by atoms with Gasteiger partial charge in [0.25, 0.3) is 0 Å². The summed E-state index contributed by atoms with van der Waals surface area (Å²) in [5, 5.41) is 1.79. The van der Waals surface area contributed by atoms with Gasteiger partial charge in [0, 0.05) is 11.3 Å².